The summed E-state index contributed by atoms with van der Waals surface area (Å²) in [4.78, 5) is 12.2. The Labute approximate surface area is 111 Å². The lowest BCUT2D eigenvalue weighted by molar-refractivity contribution is -0.127. The van der Waals surface area contributed by atoms with Gasteiger partial charge in [-0.1, -0.05) is 60.7 Å². The molecule has 19 heavy (non-hydrogen) atoms. The van der Waals surface area contributed by atoms with Crippen LogP contribution in [0.2, 0.25) is 0 Å². The van der Waals surface area contributed by atoms with Gasteiger partial charge in [-0.25, -0.2) is 0 Å². The lowest BCUT2D eigenvalue weighted by atomic mass is 9.70. The molecule has 1 fully saturated rings. The van der Waals surface area contributed by atoms with Crippen LogP contribution in [0.25, 0.3) is 12.2 Å². The molecule has 0 spiro atoms. The van der Waals surface area contributed by atoms with E-state index in [0.29, 0.717) is 5.92 Å². The molecule has 1 amide bonds. The quantitative estimate of drug-likeness (QED) is 0.722. The number of fused-ring (bicyclic) bond motifs is 4. The van der Waals surface area contributed by atoms with Crippen molar-refractivity contribution in [2.75, 3.05) is 0 Å². The van der Waals surface area contributed by atoms with Crippen LogP contribution in [0.1, 0.15) is 0 Å². The number of benzene rings is 1. The molecule has 0 saturated carbocycles. The number of nitrogens with one attached hydrogen (secondary N) is 1. The average molecular weight is 249 g/mol. The summed E-state index contributed by atoms with van der Waals surface area (Å²) in [6.45, 7) is 0. The maximum Gasteiger partial charge on any atom is 0.228 e. The monoisotopic (exact) mass is 249 g/mol. The number of carbonyl (C=O) groups is 1. The molecule has 0 unspecified atom stereocenters. The lowest BCUT2D eigenvalue weighted by Crippen LogP contribution is -2.55. The molecule has 4 atom stereocenters. The molecule has 1 aromatic carbocycles. The van der Waals surface area contributed by atoms with Gasteiger partial charge in [0.05, 0.1) is 12.0 Å². The molecule has 2 heteroatoms. The standard InChI is InChI=1S/C17H15NO/c19-17-14-8-4-3-7-13(14)15-9-11-5-1-2-6-12(11)10-16(15)18-17/h1-10,13-16H,(H,18,19)/t13-,14+,15+,16+/m1/s1. The van der Waals surface area contributed by atoms with Crippen LogP contribution in [0.5, 0.6) is 0 Å². The maximum absolute atomic E-state index is 12.2. The lowest BCUT2D eigenvalue weighted by Gasteiger charge is -2.40. The van der Waals surface area contributed by atoms with E-state index in [0.717, 1.165) is 0 Å². The highest BCUT2D eigenvalue weighted by Crippen LogP contribution is 2.35. The second kappa shape index (κ2) is 3.95. The first-order valence-electron chi connectivity index (χ1n) is 6.77. The highest BCUT2D eigenvalue weighted by atomic mass is 16.2. The van der Waals surface area contributed by atoms with Crippen LogP contribution in [0, 0.1) is 17.8 Å². The van der Waals surface area contributed by atoms with E-state index in [4.69, 9.17) is 0 Å². The van der Waals surface area contributed by atoms with Crippen LogP contribution >= 0.6 is 0 Å². The zero-order valence-corrected chi connectivity index (χ0v) is 10.5. The van der Waals surface area contributed by atoms with Crippen LogP contribution in [-0.2, 0) is 4.79 Å². The third kappa shape index (κ3) is 1.60. The van der Waals surface area contributed by atoms with Crippen molar-refractivity contribution in [2.24, 2.45) is 17.8 Å². The molecule has 1 saturated heterocycles. The van der Waals surface area contributed by atoms with Gasteiger partial charge in [-0.2, -0.15) is 0 Å². The van der Waals surface area contributed by atoms with E-state index in [2.05, 4.69) is 47.8 Å². The summed E-state index contributed by atoms with van der Waals surface area (Å²) in [7, 11) is 0. The van der Waals surface area contributed by atoms with Gasteiger partial charge < -0.3 is 5.32 Å². The van der Waals surface area contributed by atoms with E-state index < -0.39 is 0 Å². The Balaban J connectivity index is 1.86. The first kappa shape index (κ1) is 10.8. The third-order valence-corrected chi connectivity index (χ3v) is 4.38. The molecule has 1 N–H and O–H groups in total. The summed E-state index contributed by atoms with van der Waals surface area (Å²) in [5.41, 5.74) is 0. The van der Waals surface area contributed by atoms with Crippen LogP contribution < -0.4 is 15.8 Å². The van der Waals surface area contributed by atoms with Gasteiger partial charge in [0.1, 0.15) is 0 Å². The number of amides is 1. The highest BCUT2D eigenvalue weighted by Gasteiger charge is 2.40. The van der Waals surface area contributed by atoms with Gasteiger partial charge in [0, 0.05) is 11.8 Å². The highest BCUT2D eigenvalue weighted by molar-refractivity contribution is 5.84. The van der Waals surface area contributed by atoms with E-state index in [9.17, 15) is 4.79 Å². The van der Waals surface area contributed by atoms with Gasteiger partial charge in [-0.15, -0.1) is 0 Å². The molecule has 0 radical (unpaired) electrons. The number of hydrogen-bond acceptors (Lipinski definition) is 1. The molecule has 0 aromatic heterocycles. The molecule has 1 aliphatic heterocycles. The van der Waals surface area contributed by atoms with Crippen molar-refractivity contribution >= 4 is 18.1 Å². The second-order valence-corrected chi connectivity index (χ2v) is 5.45. The van der Waals surface area contributed by atoms with Gasteiger partial charge in [0.25, 0.3) is 0 Å². The Bertz CT molecular complexity index is 713. The fraction of sp³-hybridized carbons (Fsp3) is 0.235. The minimum Gasteiger partial charge on any atom is -0.349 e. The van der Waals surface area contributed by atoms with Crippen molar-refractivity contribution in [1.29, 1.82) is 0 Å². The fourth-order valence-electron chi connectivity index (χ4n) is 3.43. The van der Waals surface area contributed by atoms with Crippen molar-refractivity contribution in [3.8, 4) is 0 Å². The van der Waals surface area contributed by atoms with E-state index in [-0.39, 0.29) is 23.8 Å². The molecule has 94 valence electrons. The molecular weight excluding hydrogens is 234 g/mol. The van der Waals surface area contributed by atoms with Crippen LogP contribution in [0.4, 0.5) is 0 Å². The van der Waals surface area contributed by atoms with Gasteiger partial charge in [-0.3, -0.25) is 4.79 Å². The summed E-state index contributed by atoms with van der Waals surface area (Å²) in [6.07, 6.45) is 12.7. The molecule has 3 aliphatic rings. The van der Waals surface area contributed by atoms with Gasteiger partial charge in [0.2, 0.25) is 5.91 Å². The summed E-state index contributed by atoms with van der Waals surface area (Å²) >= 11 is 0. The van der Waals surface area contributed by atoms with Crippen molar-refractivity contribution in [1.82, 2.24) is 5.32 Å². The fourth-order valence-corrected chi connectivity index (χ4v) is 3.43. The van der Waals surface area contributed by atoms with Gasteiger partial charge >= 0.3 is 0 Å². The zero-order valence-electron chi connectivity index (χ0n) is 10.5. The maximum atomic E-state index is 12.2. The van der Waals surface area contributed by atoms with Crippen molar-refractivity contribution in [3.63, 3.8) is 0 Å². The number of rotatable bonds is 0. The van der Waals surface area contributed by atoms with Crippen LogP contribution in [0.15, 0.2) is 48.6 Å². The van der Waals surface area contributed by atoms with Crippen molar-refractivity contribution in [3.05, 3.63) is 59.0 Å². The van der Waals surface area contributed by atoms with Crippen molar-refractivity contribution < 1.29 is 4.79 Å². The predicted octanol–water partition coefficient (Wildman–Crippen LogP) is 0.734. The summed E-state index contributed by atoms with van der Waals surface area (Å²) in [5, 5.41) is 5.65. The summed E-state index contributed by atoms with van der Waals surface area (Å²) < 4.78 is 0. The number of piperidine rings is 1. The number of hydrogen-bond donors (Lipinski definition) is 1. The Hall–Kier alpha value is -2.09. The normalized spacial score (nSPS) is 34.2. The Morgan fingerprint density at radius 3 is 2.47 bits per heavy atom. The van der Waals surface area contributed by atoms with E-state index in [1.165, 1.54) is 10.4 Å². The SMILES string of the molecule is O=C1N[C@H]2C=c3ccccc3=C[C@H]2[C@@H]2C=CC=C[C@H]12. The largest absolute Gasteiger partial charge is 0.349 e. The van der Waals surface area contributed by atoms with Crippen LogP contribution in [-0.4, -0.2) is 11.9 Å². The first-order valence-corrected chi connectivity index (χ1v) is 6.77. The molecule has 1 heterocycles. The number of allylic oxidation sites excluding steroid dienone is 3. The molecule has 1 aromatic rings. The second-order valence-electron chi connectivity index (χ2n) is 5.45. The van der Waals surface area contributed by atoms with Gasteiger partial charge in [0.15, 0.2) is 0 Å². The van der Waals surface area contributed by atoms with Crippen molar-refractivity contribution in [2.45, 2.75) is 6.04 Å². The summed E-state index contributed by atoms with van der Waals surface area (Å²) in [6, 6.07) is 8.49. The molecule has 2 aliphatic carbocycles. The minimum absolute atomic E-state index is 0.0128. The molecule has 4 rings (SSSR count). The minimum atomic E-state index is -0.0128. The molecular formula is C17H15NO. The van der Waals surface area contributed by atoms with E-state index >= 15 is 0 Å². The first-order chi connectivity index (χ1) is 9.33. The van der Waals surface area contributed by atoms with E-state index in [1.54, 1.807) is 0 Å². The third-order valence-electron chi connectivity index (χ3n) is 4.38. The molecule has 0 bridgehead atoms. The topological polar surface area (TPSA) is 29.1 Å². The Morgan fingerprint density at radius 2 is 1.63 bits per heavy atom. The number of carbonyl (C=O) groups excluding carboxylic acids is 1. The van der Waals surface area contributed by atoms with E-state index in [1.807, 2.05) is 18.2 Å². The predicted molar refractivity (Wildman–Crippen MR) is 75.3 cm³/mol. The van der Waals surface area contributed by atoms with Crippen LogP contribution in [0.3, 0.4) is 0 Å². The zero-order chi connectivity index (χ0) is 12.8. The van der Waals surface area contributed by atoms with Gasteiger partial charge in [-0.05, 0) is 10.4 Å². The Morgan fingerprint density at radius 1 is 0.895 bits per heavy atom. The molecule has 2 nitrogen and oxygen atoms in total. The smallest absolute Gasteiger partial charge is 0.228 e. The summed E-state index contributed by atoms with van der Waals surface area (Å²) in [5.74, 6) is 0.782. The Kier molecular flexibility index (Phi) is 2.25. The average Bonchev–Trinajstić information content (AvgIpc) is 2.46.